The summed E-state index contributed by atoms with van der Waals surface area (Å²) in [6, 6.07) is 18.1. The number of carbonyl (C=O) groups is 1. The van der Waals surface area contributed by atoms with Gasteiger partial charge in [-0.1, -0.05) is 59.1 Å². The lowest BCUT2D eigenvalue weighted by Crippen LogP contribution is -2.32. The molecule has 1 N–H and O–H groups in total. The van der Waals surface area contributed by atoms with Gasteiger partial charge in [-0.05, 0) is 37.1 Å². The number of benzene rings is 2. The molecule has 2 aromatic carbocycles. The van der Waals surface area contributed by atoms with E-state index in [1.165, 1.54) is 12.8 Å². The van der Waals surface area contributed by atoms with E-state index in [0.29, 0.717) is 11.6 Å². The average Bonchev–Trinajstić information content (AvgIpc) is 3.13. The maximum absolute atomic E-state index is 12.9. The highest BCUT2D eigenvalue weighted by Crippen LogP contribution is 2.27. The van der Waals surface area contributed by atoms with Gasteiger partial charge in [0.15, 0.2) is 0 Å². The van der Waals surface area contributed by atoms with E-state index in [1.54, 1.807) is 0 Å². The molecule has 1 fully saturated rings. The molecule has 25 heavy (non-hydrogen) atoms. The molecule has 1 saturated carbocycles. The summed E-state index contributed by atoms with van der Waals surface area (Å²) in [5.74, 6) is 0.00162. The predicted octanol–water partition coefficient (Wildman–Crippen LogP) is 5.34. The Morgan fingerprint density at radius 2 is 1.84 bits per heavy atom. The van der Waals surface area contributed by atoms with Crippen LogP contribution in [0.15, 0.2) is 59.1 Å². The summed E-state index contributed by atoms with van der Waals surface area (Å²) >= 11 is 3.51. The fraction of sp³-hybridized carbons (Fsp3) is 0.238. The van der Waals surface area contributed by atoms with Crippen LogP contribution in [0.3, 0.4) is 0 Å². The fourth-order valence-corrected chi connectivity index (χ4v) is 3.89. The Morgan fingerprint density at radius 3 is 2.64 bits per heavy atom. The number of nitrogens with one attached hydrogen (secondary N) is 1. The normalized spacial score (nSPS) is 14.8. The van der Waals surface area contributed by atoms with Gasteiger partial charge in [-0.2, -0.15) is 0 Å². The molecular formula is C21H19BrN2O. The van der Waals surface area contributed by atoms with E-state index in [-0.39, 0.29) is 5.91 Å². The summed E-state index contributed by atoms with van der Waals surface area (Å²) in [6.07, 6.45) is 4.55. The maximum Gasteiger partial charge on any atom is 0.252 e. The lowest BCUT2D eigenvalue weighted by molar-refractivity contribution is 0.0939. The van der Waals surface area contributed by atoms with Gasteiger partial charge < -0.3 is 5.32 Å². The lowest BCUT2D eigenvalue weighted by Gasteiger charge is -2.14. The van der Waals surface area contributed by atoms with Gasteiger partial charge in [0, 0.05) is 21.5 Å². The molecule has 0 spiro atoms. The second-order valence-electron chi connectivity index (χ2n) is 6.54. The minimum atomic E-state index is 0.00162. The van der Waals surface area contributed by atoms with Gasteiger partial charge in [0.2, 0.25) is 0 Å². The molecule has 3 aromatic rings. The zero-order valence-corrected chi connectivity index (χ0v) is 15.4. The molecule has 126 valence electrons. The van der Waals surface area contributed by atoms with E-state index < -0.39 is 0 Å². The smallest absolute Gasteiger partial charge is 0.252 e. The van der Waals surface area contributed by atoms with E-state index in [0.717, 1.165) is 39.5 Å². The largest absolute Gasteiger partial charge is 0.349 e. The van der Waals surface area contributed by atoms with Crippen molar-refractivity contribution in [3.63, 3.8) is 0 Å². The van der Waals surface area contributed by atoms with Crippen molar-refractivity contribution in [3.8, 4) is 11.3 Å². The first-order chi connectivity index (χ1) is 12.2. The van der Waals surface area contributed by atoms with Crippen LogP contribution in [0.5, 0.6) is 0 Å². The number of aromatic nitrogens is 1. The average molecular weight is 395 g/mol. The molecule has 1 aliphatic rings. The quantitative estimate of drug-likeness (QED) is 0.651. The van der Waals surface area contributed by atoms with Gasteiger partial charge in [-0.3, -0.25) is 4.79 Å². The van der Waals surface area contributed by atoms with E-state index in [4.69, 9.17) is 4.98 Å². The van der Waals surface area contributed by atoms with Crippen LogP contribution in [0.4, 0.5) is 0 Å². The molecular weight excluding hydrogens is 376 g/mol. The number of nitrogens with zero attached hydrogens (tertiary/aromatic N) is 1. The van der Waals surface area contributed by atoms with Crippen LogP contribution in [0.2, 0.25) is 0 Å². The number of hydrogen-bond donors (Lipinski definition) is 1. The highest BCUT2D eigenvalue weighted by molar-refractivity contribution is 9.10. The number of pyridine rings is 1. The first-order valence-electron chi connectivity index (χ1n) is 8.67. The Morgan fingerprint density at radius 1 is 1.04 bits per heavy atom. The Kier molecular flexibility index (Phi) is 4.53. The molecule has 0 bridgehead atoms. The first-order valence-corrected chi connectivity index (χ1v) is 9.46. The standard InChI is InChI=1S/C21H19BrN2O/c22-15-7-5-6-14(12-15)20-13-18(17-10-3-4-11-19(17)24-20)21(25)23-16-8-1-2-9-16/h3-7,10-13,16H,1-2,8-9H2,(H,23,25). The van der Waals surface area contributed by atoms with Gasteiger partial charge in [0.25, 0.3) is 5.91 Å². The fourth-order valence-electron chi connectivity index (χ4n) is 3.49. The number of carbonyl (C=O) groups excluding carboxylic acids is 1. The number of fused-ring (bicyclic) bond motifs is 1. The minimum Gasteiger partial charge on any atom is -0.349 e. The molecule has 0 radical (unpaired) electrons. The third kappa shape index (κ3) is 3.45. The minimum absolute atomic E-state index is 0.00162. The van der Waals surface area contributed by atoms with Crippen molar-refractivity contribution < 1.29 is 4.79 Å². The van der Waals surface area contributed by atoms with Crippen molar-refractivity contribution in [1.29, 1.82) is 0 Å². The molecule has 4 heteroatoms. The molecule has 0 atom stereocenters. The molecule has 3 nitrogen and oxygen atoms in total. The van der Waals surface area contributed by atoms with Crippen LogP contribution in [-0.2, 0) is 0 Å². The summed E-state index contributed by atoms with van der Waals surface area (Å²) < 4.78 is 0.997. The van der Waals surface area contributed by atoms with Gasteiger partial charge in [-0.25, -0.2) is 4.98 Å². The van der Waals surface area contributed by atoms with Crippen molar-refractivity contribution in [1.82, 2.24) is 10.3 Å². The highest BCUT2D eigenvalue weighted by Gasteiger charge is 2.20. The molecule has 4 rings (SSSR count). The second-order valence-corrected chi connectivity index (χ2v) is 7.45. The molecule has 0 aliphatic heterocycles. The lowest BCUT2D eigenvalue weighted by atomic mass is 10.0. The number of amides is 1. The Hall–Kier alpha value is -2.20. The van der Waals surface area contributed by atoms with E-state index in [1.807, 2.05) is 54.6 Å². The monoisotopic (exact) mass is 394 g/mol. The van der Waals surface area contributed by atoms with Crippen molar-refractivity contribution >= 4 is 32.7 Å². The van der Waals surface area contributed by atoms with Crippen LogP contribution in [0.1, 0.15) is 36.0 Å². The Balaban J connectivity index is 1.79. The van der Waals surface area contributed by atoms with Crippen LogP contribution in [0.25, 0.3) is 22.2 Å². The predicted molar refractivity (Wildman–Crippen MR) is 105 cm³/mol. The zero-order chi connectivity index (χ0) is 17.2. The Bertz CT molecular complexity index is 932. The summed E-state index contributed by atoms with van der Waals surface area (Å²) in [4.78, 5) is 17.7. The number of hydrogen-bond acceptors (Lipinski definition) is 2. The van der Waals surface area contributed by atoms with Crippen LogP contribution in [-0.4, -0.2) is 16.9 Å². The molecule has 1 aromatic heterocycles. The summed E-state index contributed by atoms with van der Waals surface area (Å²) in [7, 11) is 0. The van der Waals surface area contributed by atoms with Crippen LogP contribution < -0.4 is 5.32 Å². The second kappa shape index (κ2) is 6.96. The third-order valence-electron chi connectivity index (χ3n) is 4.77. The molecule has 1 amide bonds. The molecule has 1 aliphatic carbocycles. The van der Waals surface area contributed by atoms with Gasteiger partial charge in [0.1, 0.15) is 0 Å². The van der Waals surface area contributed by atoms with Gasteiger partial charge in [0.05, 0.1) is 16.8 Å². The van der Waals surface area contributed by atoms with Crippen LogP contribution in [0, 0.1) is 0 Å². The number of para-hydroxylation sites is 1. The van der Waals surface area contributed by atoms with E-state index >= 15 is 0 Å². The Labute approximate surface area is 155 Å². The van der Waals surface area contributed by atoms with Crippen molar-refractivity contribution in [3.05, 3.63) is 64.6 Å². The number of rotatable bonds is 3. The third-order valence-corrected chi connectivity index (χ3v) is 5.26. The molecule has 0 saturated heterocycles. The van der Waals surface area contributed by atoms with Crippen molar-refractivity contribution in [2.45, 2.75) is 31.7 Å². The van der Waals surface area contributed by atoms with Crippen molar-refractivity contribution in [2.75, 3.05) is 0 Å². The highest BCUT2D eigenvalue weighted by atomic mass is 79.9. The maximum atomic E-state index is 12.9. The SMILES string of the molecule is O=C(NC1CCCC1)c1cc(-c2cccc(Br)c2)nc2ccccc12. The van der Waals surface area contributed by atoms with Crippen LogP contribution >= 0.6 is 15.9 Å². The number of halogens is 1. The summed E-state index contributed by atoms with van der Waals surface area (Å²) in [5.41, 5.74) is 3.36. The summed E-state index contributed by atoms with van der Waals surface area (Å²) in [6.45, 7) is 0. The molecule has 0 unspecified atom stereocenters. The zero-order valence-electron chi connectivity index (χ0n) is 13.8. The molecule has 1 heterocycles. The van der Waals surface area contributed by atoms with E-state index in [9.17, 15) is 4.79 Å². The first kappa shape index (κ1) is 16.3. The van der Waals surface area contributed by atoms with Gasteiger partial charge >= 0.3 is 0 Å². The van der Waals surface area contributed by atoms with Gasteiger partial charge in [-0.15, -0.1) is 0 Å². The topological polar surface area (TPSA) is 42.0 Å². The summed E-state index contributed by atoms with van der Waals surface area (Å²) in [5, 5.41) is 4.10. The van der Waals surface area contributed by atoms with E-state index in [2.05, 4.69) is 21.2 Å². The van der Waals surface area contributed by atoms with Crippen molar-refractivity contribution in [2.24, 2.45) is 0 Å².